The van der Waals surface area contributed by atoms with Gasteiger partial charge in [0.1, 0.15) is 22.0 Å². The number of nitrogens with zero attached hydrogens (tertiary/aromatic N) is 4. The lowest BCUT2D eigenvalue weighted by atomic mass is 10.1. The largest absolute Gasteiger partial charge is 0.492 e. The summed E-state index contributed by atoms with van der Waals surface area (Å²) in [5.41, 5.74) is 1.21. The second kappa shape index (κ2) is 8.25. The van der Waals surface area contributed by atoms with Gasteiger partial charge in [-0.25, -0.2) is 4.98 Å². The van der Waals surface area contributed by atoms with E-state index in [4.69, 9.17) is 9.47 Å². The Balaban J connectivity index is 1.38. The molecule has 8 nitrogen and oxygen atoms in total. The Kier molecular flexibility index (Phi) is 5.45. The molecule has 2 saturated heterocycles. The van der Waals surface area contributed by atoms with Crippen LogP contribution in [0.3, 0.4) is 0 Å². The van der Waals surface area contributed by atoms with Gasteiger partial charge in [0.25, 0.3) is 11.8 Å². The molecule has 3 aromatic rings. The predicted molar refractivity (Wildman–Crippen MR) is 119 cm³/mol. The fraction of sp³-hybridized carbons (Fsp3) is 0.381. The number of pyridine rings is 1. The van der Waals surface area contributed by atoms with Crippen molar-refractivity contribution in [3.8, 4) is 5.75 Å². The number of morpholine rings is 1. The van der Waals surface area contributed by atoms with Crippen LogP contribution in [0.2, 0.25) is 0 Å². The molecular weight excluding hydrogens is 484 g/mol. The maximum atomic E-state index is 13.4. The quantitative estimate of drug-likeness (QED) is 0.545. The van der Waals surface area contributed by atoms with Gasteiger partial charge in [-0.3, -0.25) is 14.0 Å². The van der Waals surface area contributed by atoms with Gasteiger partial charge in [0, 0.05) is 30.3 Å². The number of amides is 2. The SMILES string of the molecule is CCOc1ccsc1C(=O)N1C[C@H]2OCCN(C(=O)c3cnc4ccc(Br)cn34)[C@H]2C1. The van der Waals surface area contributed by atoms with E-state index >= 15 is 0 Å². The van der Waals surface area contributed by atoms with Gasteiger partial charge in [0.05, 0.1) is 31.6 Å². The molecule has 0 bridgehead atoms. The molecule has 0 aromatic carbocycles. The lowest BCUT2D eigenvalue weighted by molar-refractivity contribution is -0.0371. The van der Waals surface area contributed by atoms with Crippen molar-refractivity contribution in [1.82, 2.24) is 19.2 Å². The molecule has 5 rings (SSSR count). The highest BCUT2D eigenvalue weighted by Crippen LogP contribution is 2.31. The Morgan fingerprint density at radius 3 is 3.00 bits per heavy atom. The third-order valence-corrected chi connectivity index (χ3v) is 7.01. The van der Waals surface area contributed by atoms with E-state index in [2.05, 4.69) is 20.9 Å². The first-order valence-electron chi connectivity index (χ1n) is 10.1. The summed E-state index contributed by atoms with van der Waals surface area (Å²) >= 11 is 4.83. The summed E-state index contributed by atoms with van der Waals surface area (Å²) in [5, 5.41) is 1.86. The molecule has 2 aliphatic heterocycles. The average Bonchev–Trinajstić information content (AvgIpc) is 3.50. The van der Waals surface area contributed by atoms with E-state index in [-0.39, 0.29) is 24.0 Å². The highest BCUT2D eigenvalue weighted by atomic mass is 79.9. The highest BCUT2D eigenvalue weighted by Gasteiger charge is 2.44. The van der Waals surface area contributed by atoms with Gasteiger partial charge in [0.15, 0.2) is 0 Å². The van der Waals surface area contributed by atoms with Crippen molar-refractivity contribution < 1.29 is 19.1 Å². The van der Waals surface area contributed by atoms with Crippen LogP contribution >= 0.6 is 27.3 Å². The highest BCUT2D eigenvalue weighted by molar-refractivity contribution is 9.10. The molecule has 10 heteroatoms. The Bertz CT molecular complexity index is 1150. The normalized spacial score (nSPS) is 20.8. The summed E-state index contributed by atoms with van der Waals surface area (Å²) < 4.78 is 14.2. The monoisotopic (exact) mass is 504 g/mol. The van der Waals surface area contributed by atoms with Crippen molar-refractivity contribution in [2.24, 2.45) is 0 Å². The van der Waals surface area contributed by atoms with Crippen LogP contribution in [0.1, 0.15) is 27.1 Å². The van der Waals surface area contributed by atoms with Crippen LogP contribution < -0.4 is 4.74 Å². The van der Waals surface area contributed by atoms with Crippen molar-refractivity contribution in [3.05, 3.63) is 51.0 Å². The minimum atomic E-state index is -0.205. The van der Waals surface area contributed by atoms with E-state index in [0.29, 0.717) is 54.8 Å². The second-order valence-corrected chi connectivity index (χ2v) is 9.28. The molecule has 2 atom stereocenters. The molecule has 2 fully saturated rings. The second-order valence-electron chi connectivity index (χ2n) is 7.45. The average molecular weight is 505 g/mol. The summed E-state index contributed by atoms with van der Waals surface area (Å²) in [4.78, 5) is 35.1. The molecule has 0 radical (unpaired) electrons. The van der Waals surface area contributed by atoms with Gasteiger partial charge in [-0.1, -0.05) is 0 Å². The van der Waals surface area contributed by atoms with Crippen molar-refractivity contribution in [1.29, 1.82) is 0 Å². The lowest BCUT2D eigenvalue weighted by Gasteiger charge is -2.36. The standard InChI is InChI=1S/C21H21BrN4O4S/c1-2-29-16-5-8-31-19(16)21(28)24-11-15-17(12-24)30-7-6-25(15)20(27)14-9-23-18-4-3-13(22)10-26(14)18/h3-5,8-10,15,17H,2,6-7,11-12H2,1H3/t15-,17+/m0/s1. The fourth-order valence-electron chi connectivity index (χ4n) is 4.23. The minimum absolute atomic E-state index is 0.0809. The van der Waals surface area contributed by atoms with Gasteiger partial charge in [-0.05, 0) is 46.4 Å². The number of thiophene rings is 1. The zero-order valence-corrected chi connectivity index (χ0v) is 19.3. The number of hydrogen-bond acceptors (Lipinski definition) is 6. The third kappa shape index (κ3) is 3.62. The number of fused-ring (bicyclic) bond motifs is 2. The maximum Gasteiger partial charge on any atom is 0.272 e. The molecular formula is C21H21BrN4O4S. The van der Waals surface area contributed by atoms with Gasteiger partial charge < -0.3 is 19.3 Å². The van der Waals surface area contributed by atoms with Crippen LogP contribution in [-0.2, 0) is 4.74 Å². The topological polar surface area (TPSA) is 76.4 Å². The maximum absolute atomic E-state index is 13.4. The number of rotatable bonds is 4. The van der Waals surface area contributed by atoms with Crippen LogP contribution in [0.15, 0.2) is 40.4 Å². The smallest absolute Gasteiger partial charge is 0.272 e. The van der Waals surface area contributed by atoms with Gasteiger partial charge in [-0.2, -0.15) is 0 Å². The summed E-state index contributed by atoms with van der Waals surface area (Å²) in [6, 6.07) is 5.37. The molecule has 162 valence electrons. The molecule has 2 aliphatic rings. The Hall–Kier alpha value is -2.43. The first kappa shape index (κ1) is 20.5. The van der Waals surface area contributed by atoms with E-state index in [1.54, 1.807) is 15.5 Å². The Morgan fingerprint density at radius 2 is 2.16 bits per heavy atom. The van der Waals surface area contributed by atoms with Crippen molar-refractivity contribution in [2.75, 3.05) is 32.8 Å². The number of hydrogen-bond donors (Lipinski definition) is 0. The van der Waals surface area contributed by atoms with E-state index in [0.717, 1.165) is 4.47 Å². The summed E-state index contributed by atoms with van der Waals surface area (Å²) in [5.74, 6) is 0.421. The van der Waals surface area contributed by atoms with Gasteiger partial charge in [-0.15, -0.1) is 11.3 Å². The molecule has 0 saturated carbocycles. The van der Waals surface area contributed by atoms with Gasteiger partial charge in [0.2, 0.25) is 0 Å². The molecule has 3 aromatic heterocycles. The molecule has 0 unspecified atom stereocenters. The van der Waals surface area contributed by atoms with Crippen molar-refractivity contribution in [3.63, 3.8) is 0 Å². The molecule has 0 spiro atoms. The Labute approximate surface area is 191 Å². The van der Waals surface area contributed by atoms with E-state index < -0.39 is 0 Å². The van der Waals surface area contributed by atoms with Crippen LogP contribution in [0.25, 0.3) is 5.65 Å². The summed E-state index contributed by atoms with van der Waals surface area (Å²) in [6.07, 6.45) is 3.24. The number of halogens is 1. The number of carbonyl (C=O) groups excluding carboxylic acids is 2. The molecule has 31 heavy (non-hydrogen) atoms. The number of carbonyl (C=O) groups is 2. The number of likely N-dealkylation sites (tertiary alicyclic amines) is 1. The number of imidazole rings is 1. The zero-order valence-electron chi connectivity index (χ0n) is 16.9. The summed E-state index contributed by atoms with van der Waals surface area (Å²) in [7, 11) is 0. The van der Waals surface area contributed by atoms with Crippen LogP contribution in [-0.4, -0.2) is 76.0 Å². The minimum Gasteiger partial charge on any atom is -0.492 e. The van der Waals surface area contributed by atoms with Crippen LogP contribution in [0.4, 0.5) is 0 Å². The lowest BCUT2D eigenvalue weighted by Crippen LogP contribution is -2.53. The van der Waals surface area contributed by atoms with E-state index in [1.807, 2.05) is 41.6 Å². The van der Waals surface area contributed by atoms with Gasteiger partial charge >= 0.3 is 0 Å². The van der Waals surface area contributed by atoms with E-state index in [9.17, 15) is 9.59 Å². The van der Waals surface area contributed by atoms with Crippen LogP contribution in [0, 0.1) is 0 Å². The molecule has 2 amide bonds. The van der Waals surface area contributed by atoms with Crippen LogP contribution in [0.5, 0.6) is 5.75 Å². The predicted octanol–water partition coefficient (Wildman–Crippen LogP) is 2.92. The zero-order chi connectivity index (χ0) is 21.5. The van der Waals surface area contributed by atoms with Crippen molar-refractivity contribution >= 4 is 44.7 Å². The molecule has 5 heterocycles. The number of ether oxygens (including phenoxy) is 2. The van der Waals surface area contributed by atoms with Crippen molar-refractivity contribution in [2.45, 2.75) is 19.1 Å². The Morgan fingerprint density at radius 1 is 1.29 bits per heavy atom. The molecule has 0 N–H and O–H groups in total. The summed E-state index contributed by atoms with van der Waals surface area (Å²) in [6.45, 7) is 4.20. The fourth-order valence-corrected chi connectivity index (χ4v) is 5.37. The number of aromatic nitrogens is 2. The third-order valence-electron chi connectivity index (χ3n) is 5.66. The molecule has 0 aliphatic carbocycles. The first-order valence-corrected chi connectivity index (χ1v) is 11.8. The first-order chi connectivity index (χ1) is 15.1. The van der Waals surface area contributed by atoms with E-state index in [1.165, 1.54) is 11.3 Å².